The number of morpholine rings is 1. The standard InChI is InChI=1S/C39H44N4O7/c44-35(34-27-29-26-30(15-16-32(29)49-34)48-25-22-42-20-23-47-24-21-42)41-39(17-7-2-8-18-39)38(46)43(19-9-12-28-10-3-1-4-11-28)37(45)36-40-31-13-5-6-14-33(31)50-36/h1,3-6,10-11,13-16,26-27,37,45H,2,7-9,12,17-25H2,(H,41,44)/t37-/m0/s1. The van der Waals surface area contributed by atoms with Crippen molar-refractivity contribution >= 4 is 33.9 Å². The number of furan rings is 1. The maximum Gasteiger partial charge on any atom is 0.287 e. The van der Waals surface area contributed by atoms with Gasteiger partial charge < -0.3 is 33.6 Å². The van der Waals surface area contributed by atoms with Crippen LogP contribution in [0, 0.1) is 0 Å². The smallest absolute Gasteiger partial charge is 0.287 e. The van der Waals surface area contributed by atoms with Crippen molar-refractivity contribution in [2.45, 2.75) is 56.7 Å². The maximum atomic E-state index is 14.7. The fraction of sp³-hybridized carbons (Fsp3) is 0.410. The topological polar surface area (TPSA) is 131 Å². The zero-order chi connectivity index (χ0) is 34.3. The van der Waals surface area contributed by atoms with Gasteiger partial charge in [0.2, 0.25) is 12.1 Å². The molecule has 2 amide bonds. The van der Waals surface area contributed by atoms with E-state index < -0.39 is 17.7 Å². The number of benzene rings is 3. The molecule has 1 aliphatic heterocycles. The Labute approximate surface area is 291 Å². The molecule has 0 unspecified atom stereocenters. The molecular weight excluding hydrogens is 636 g/mol. The highest BCUT2D eigenvalue weighted by Crippen LogP contribution is 2.34. The number of carbonyl (C=O) groups is 2. The van der Waals surface area contributed by atoms with E-state index >= 15 is 0 Å². The first-order chi connectivity index (χ1) is 24.5. The Balaban J connectivity index is 1.09. The van der Waals surface area contributed by atoms with Crippen LogP contribution in [0.2, 0.25) is 0 Å². The number of rotatable bonds is 13. The second-order valence-corrected chi connectivity index (χ2v) is 13.2. The van der Waals surface area contributed by atoms with Crippen LogP contribution in [0.4, 0.5) is 0 Å². The number of hydrogen-bond acceptors (Lipinski definition) is 9. The zero-order valence-electron chi connectivity index (χ0n) is 28.2. The number of carbonyl (C=O) groups excluding carboxylic acids is 2. The minimum absolute atomic E-state index is 0.0387. The first kappa shape index (κ1) is 33.8. The highest BCUT2D eigenvalue weighted by Gasteiger charge is 2.46. The lowest BCUT2D eigenvalue weighted by Gasteiger charge is -2.41. The van der Waals surface area contributed by atoms with Crippen molar-refractivity contribution in [2.75, 3.05) is 46.0 Å². The number of nitrogens with zero attached hydrogens (tertiary/aromatic N) is 3. The Bertz CT molecular complexity index is 1860. The molecule has 3 aromatic carbocycles. The fourth-order valence-electron chi connectivity index (χ4n) is 7.01. The molecule has 7 rings (SSSR count). The van der Waals surface area contributed by atoms with Crippen molar-refractivity contribution in [1.82, 2.24) is 20.1 Å². The van der Waals surface area contributed by atoms with E-state index in [-0.39, 0.29) is 24.1 Å². The van der Waals surface area contributed by atoms with Gasteiger partial charge in [0, 0.05) is 31.6 Å². The number of aliphatic hydroxyl groups is 1. The Kier molecular flexibility index (Phi) is 10.4. The molecule has 2 N–H and O–H groups in total. The highest BCUT2D eigenvalue weighted by molar-refractivity contribution is 6.00. The molecule has 11 heteroatoms. The molecule has 50 heavy (non-hydrogen) atoms. The van der Waals surface area contributed by atoms with Crippen LogP contribution in [0.25, 0.3) is 22.1 Å². The van der Waals surface area contributed by atoms with E-state index in [1.807, 2.05) is 54.6 Å². The second-order valence-electron chi connectivity index (χ2n) is 13.2. The molecule has 11 nitrogen and oxygen atoms in total. The van der Waals surface area contributed by atoms with E-state index in [9.17, 15) is 14.7 Å². The summed E-state index contributed by atoms with van der Waals surface area (Å²) in [7, 11) is 0. The summed E-state index contributed by atoms with van der Waals surface area (Å²) in [5.41, 5.74) is 1.56. The number of amides is 2. The van der Waals surface area contributed by atoms with Crippen LogP contribution in [0.5, 0.6) is 5.75 Å². The monoisotopic (exact) mass is 680 g/mol. The normalized spacial score (nSPS) is 17.1. The van der Waals surface area contributed by atoms with Gasteiger partial charge >= 0.3 is 0 Å². The molecule has 0 bridgehead atoms. The molecule has 2 fully saturated rings. The summed E-state index contributed by atoms with van der Waals surface area (Å²) in [4.78, 5) is 36.8. The van der Waals surface area contributed by atoms with Crippen molar-refractivity contribution in [1.29, 1.82) is 0 Å². The number of nitrogens with one attached hydrogen (secondary N) is 1. The molecule has 1 aliphatic carbocycles. The maximum absolute atomic E-state index is 14.7. The van der Waals surface area contributed by atoms with Crippen LogP contribution in [-0.2, 0) is 16.0 Å². The SMILES string of the molecule is O=C(NC1(C(=O)N(CCCc2ccccc2)[C@@H](O)c2nc3ccccc3o2)CCCCC1)c1cc2cc(OCCN3CCOCC3)ccc2o1. The second kappa shape index (κ2) is 15.5. The van der Waals surface area contributed by atoms with Crippen molar-refractivity contribution in [3.05, 3.63) is 96.1 Å². The van der Waals surface area contributed by atoms with Crippen LogP contribution in [0.3, 0.4) is 0 Å². The number of para-hydroxylation sites is 2. The number of fused-ring (bicyclic) bond motifs is 2. The van der Waals surface area contributed by atoms with E-state index in [0.29, 0.717) is 54.7 Å². The molecule has 2 aromatic heterocycles. The van der Waals surface area contributed by atoms with Crippen LogP contribution in [0.15, 0.2) is 87.7 Å². The van der Waals surface area contributed by atoms with Crippen LogP contribution in [-0.4, -0.2) is 83.2 Å². The number of aliphatic hydroxyl groups excluding tert-OH is 1. The third kappa shape index (κ3) is 7.70. The third-order valence-electron chi connectivity index (χ3n) is 9.76. The van der Waals surface area contributed by atoms with E-state index in [1.54, 1.807) is 24.3 Å². The van der Waals surface area contributed by atoms with E-state index in [2.05, 4.69) is 15.2 Å². The van der Waals surface area contributed by atoms with Gasteiger partial charge in [-0.25, -0.2) is 4.98 Å². The number of ether oxygens (including phenoxy) is 2. The van der Waals surface area contributed by atoms with Crippen molar-refractivity contribution in [3.8, 4) is 5.75 Å². The molecule has 262 valence electrons. The summed E-state index contributed by atoms with van der Waals surface area (Å²) in [6.45, 7) is 4.86. The van der Waals surface area contributed by atoms with Crippen molar-refractivity contribution in [2.24, 2.45) is 0 Å². The van der Waals surface area contributed by atoms with Gasteiger partial charge in [-0.15, -0.1) is 0 Å². The zero-order valence-corrected chi connectivity index (χ0v) is 28.2. The fourth-order valence-corrected chi connectivity index (χ4v) is 7.01. The largest absolute Gasteiger partial charge is 0.492 e. The molecule has 5 aromatic rings. The van der Waals surface area contributed by atoms with E-state index in [4.69, 9.17) is 18.3 Å². The molecular formula is C39H44N4O7. The van der Waals surface area contributed by atoms with E-state index in [1.165, 1.54) is 4.90 Å². The van der Waals surface area contributed by atoms with Gasteiger partial charge in [0.25, 0.3) is 11.8 Å². The molecule has 1 saturated heterocycles. The minimum Gasteiger partial charge on any atom is -0.492 e. The van der Waals surface area contributed by atoms with Gasteiger partial charge in [-0.3, -0.25) is 14.5 Å². The summed E-state index contributed by atoms with van der Waals surface area (Å²) in [6, 6.07) is 24.4. The summed E-state index contributed by atoms with van der Waals surface area (Å²) in [5, 5.41) is 15.5. The molecule has 1 atom stereocenters. The predicted octanol–water partition coefficient (Wildman–Crippen LogP) is 5.87. The van der Waals surface area contributed by atoms with Crippen LogP contribution < -0.4 is 10.1 Å². The summed E-state index contributed by atoms with van der Waals surface area (Å²) in [6.07, 6.45) is 3.21. The van der Waals surface area contributed by atoms with Gasteiger partial charge in [0.1, 0.15) is 29.0 Å². The van der Waals surface area contributed by atoms with Gasteiger partial charge in [-0.1, -0.05) is 61.7 Å². The first-order valence-corrected chi connectivity index (χ1v) is 17.6. The van der Waals surface area contributed by atoms with Gasteiger partial charge in [-0.2, -0.15) is 0 Å². The van der Waals surface area contributed by atoms with Gasteiger partial charge in [0.15, 0.2) is 11.3 Å². The van der Waals surface area contributed by atoms with Crippen molar-refractivity contribution in [3.63, 3.8) is 0 Å². The molecule has 1 saturated carbocycles. The molecule has 2 aliphatic rings. The average Bonchev–Trinajstić information content (AvgIpc) is 3.79. The minimum atomic E-state index is -1.44. The number of hydrogen-bond donors (Lipinski definition) is 2. The van der Waals surface area contributed by atoms with Crippen LogP contribution in [0.1, 0.15) is 66.8 Å². The molecule has 0 spiro atoms. The summed E-state index contributed by atoms with van der Waals surface area (Å²) in [5.74, 6) is -0.000766. The quantitative estimate of drug-likeness (QED) is 0.147. The Morgan fingerprint density at radius 2 is 1.72 bits per heavy atom. The number of aromatic nitrogens is 1. The summed E-state index contributed by atoms with van der Waals surface area (Å²) < 4.78 is 23.3. The third-order valence-corrected chi connectivity index (χ3v) is 9.76. The molecule has 3 heterocycles. The van der Waals surface area contributed by atoms with E-state index in [0.717, 1.165) is 63.1 Å². The average molecular weight is 681 g/mol. The highest BCUT2D eigenvalue weighted by atomic mass is 16.5. The lowest BCUT2D eigenvalue weighted by atomic mass is 9.80. The lowest BCUT2D eigenvalue weighted by molar-refractivity contribution is -0.152. The lowest BCUT2D eigenvalue weighted by Crippen LogP contribution is -2.61. The van der Waals surface area contributed by atoms with Gasteiger partial charge in [-0.05, 0) is 67.6 Å². The Morgan fingerprint density at radius 3 is 2.52 bits per heavy atom. The molecule has 0 radical (unpaired) electrons. The number of oxazole rings is 1. The number of aryl methyl sites for hydroxylation is 1. The Morgan fingerprint density at radius 1 is 0.940 bits per heavy atom. The van der Waals surface area contributed by atoms with Gasteiger partial charge in [0.05, 0.1) is 13.2 Å². The summed E-state index contributed by atoms with van der Waals surface area (Å²) >= 11 is 0. The van der Waals surface area contributed by atoms with Crippen molar-refractivity contribution < 1.29 is 33.0 Å². The predicted molar refractivity (Wildman–Crippen MR) is 188 cm³/mol. The Hall–Kier alpha value is -4.71. The first-order valence-electron chi connectivity index (χ1n) is 17.6. The van der Waals surface area contributed by atoms with Crippen LogP contribution >= 0.6 is 0 Å².